The number of aliphatic hydroxyl groups excluding tert-OH is 12. The van der Waals surface area contributed by atoms with Crippen LogP contribution in [0.25, 0.3) is 0 Å². The second-order valence-corrected chi connectivity index (χ2v) is 24.3. The van der Waals surface area contributed by atoms with Crippen molar-refractivity contribution in [3.8, 4) is 0 Å². The van der Waals surface area contributed by atoms with Gasteiger partial charge in [-0.15, -0.1) is 0 Å². The van der Waals surface area contributed by atoms with E-state index in [0.717, 1.165) is 25.7 Å². The van der Waals surface area contributed by atoms with Gasteiger partial charge in [-0.2, -0.15) is 0 Å². The smallest absolute Gasteiger partial charge is 0.187 e. The summed E-state index contributed by atoms with van der Waals surface area (Å²) in [4.78, 5) is 0. The van der Waals surface area contributed by atoms with Crippen molar-refractivity contribution in [1.82, 2.24) is 0 Å². The van der Waals surface area contributed by atoms with E-state index in [4.69, 9.17) is 33.2 Å². The van der Waals surface area contributed by atoms with Gasteiger partial charge in [0, 0.05) is 5.92 Å². The zero-order valence-electron chi connectivity index (χ0n) is 40.2. The van der Waals surface area contributed by atoms with Crippen LogP contribution in [0, 0.1) is 44.8 Å². The summed E-state index contributed by atoms with van der Waals surface area (Å²) in [5.41, 5.74) is -3.48. The molecule has 12 N–H and O–H groups in total. The van der Waals surface area contributed by atoms with Crippen LogP contribution in [0.15, 0.2) is 0 Å². The van der Waals surface area contributed by atoms with Crippen molar-refractivity contribution in [3.63, 3.8) is 0 Å². The molecule has 9 rings (SSSR count). The molecule has 0 aromatic heterocycles. The van der Waals surface area contributed by atoms with Crippen LogP contribution in [-0.2, 0) is 33.2 Å². The van der Waals surface area contributed by atoms with Gasteiger partial charge in [0.25, 0.3) is 0 Å². The predicted molar refractivity (Wildman–Crippen MR) is 231 cm³/mol. The maximum atomic E-state index is 12.6. The Morgan fingerprint density at radius 2 is 1.19 bits per heavy atom. The van der Waals surface area contributed by atoms with Gasteiger partial charge in [0.15, 0.2) is 18.9 Å². The summed E-state index contributed by atoms with van der Waals surface area (Å²) in [7, 11) is 0. The molecule has 2 spiro atoms. The van der Waals surface area contributed by atoms with E-state index in [1.807, 2.05) is 13.8 Å². The largest absolute Gasteiger partial charge is 0.394 e. The molecule has 19 nitrogen and oxygen atoms in total. The Balaban J connectivity index is 0.919. The molecule has 0 aromatic carbocycles. The summed E-state index contributed by atoms with van der Waals surface area (Å²) < 4.78 is 43.6. The summed E-state index contributed by atoms with van der Waals surface area (Å²) in [5.74, 6) is -0.343. The van der Waals surface area contributed by atoms with Crippen LogP contribution in [0.4, 0.5) is 0 Å². The molecule has 0 radical (unpaired) electrons. The molecule has 5 saturated carbocycles. The molecular formula is C48H80O19. The first-order valence-electron chi connectivity index (χ1n) is 24.8. The first-order valence-corrected chi connectivity index (χ1v) is 24.8. The maximum Gasteiger partial charge on any atom is 0.187 e. The Morgan fingerprint density at radius 1 is 0.582 bits per heavy atom. The van der Waals surface area contributed by atoms with Gasteiger partial charge < -0.3 is 94.4 Å². The molecule has 9 fully saturated rings. The second-order valence-electron chi connectivity index (χ2n) is 24.3. The van der Waals surface area contributed by atoms with Crippen molar-refractivity contribution in [2.24, 2.45) is 44.8 Å². The third kappa shape index (κ3) is 7.44. The Hall–Kier alpha value is -0.760. The van der Waals surface area contributed by atoms with Gasteiger partial charge in [0.1, 0.15) is 67.1 Å². The highest BCUT2D eigenvalue weighted by Crippen LogP contribution is 2.89. The average molecular weight is 961 g/mol. The fourth-order valence-corrected chi connectivity index (χ4v) is 16.6. The molecule has 27 atom stereocenters. The summed E-state index contributed by atoms with van der Waals surface area (Å²) in [6.45, 7) is 14.8. The predicted octanol–water partition coefficient (Wildman–Crippen LogP) is -1.06. The van der Waals surface area contributed by atoms with Gasteiger partial charge in [0.05, 0.1) is 54.9 Å². The van der Waals surface area contributed by atoms with Crippen LogP contribution in [0.1, 0.15) is 113 Å². The molecule has 27 unspecified atom stereocenters. The van der Waals surface area contributed by atoms with E-state index in [1.54, 1.807) is 0 Å². The van der Waals surface area contributed by atoms with E-state index < -0.39 is 146 Å². The van der Waals surface area contributed by atoms with Crippen molar-refractivity contribution in [1.29, 1.82) is 0 Å². The lowest BCUT2D eigenvalue weighted by atomic mass is 9.41. The minimum absolute atomic E-state index is 0.0883. The van der Waals surface area contributed by atoms with E-state index in [1.165, 1.54) is 6.92 Å². The van der Waals surface area contributed by atoms with Crippen molar-refractivity contribution in [2.75, 3.05) is 13.2 Å². The molecule has 0 amide bonds. The van der Waals surface area contributed by atoms with Crippen LogP contribution < -0.4 is 0 Å². The summed E-state index contributed by atoms with van der Waals surface area (Å²) >= 11 is 0. The zero-order valence-corrected chi connectivity index (χ0v) is 40.2. The standard InChI is InChI=1S/C48H80O19/c1-20-28(53)31(56)34(59)39(61-20)65-36-33(58)30(55)24(18-50)63-41(36)64-26-10-12-48-19-47(48)14-13-44(6)38(22(52)16-45(44,7)25(47)15-21(51)37(48)42(26,2)3)46(8)11-9-27(66-46)43(4,5)67-40-35(60)32(57)29(54)23(17-49)62-40/h20-41,49-60H,9-19H2,1-8H3. The lowest BCUT2D eigenvalue weighted by Gasteiger charge is -2.65. The van der Waals surface area contributed by atoms with E-state index in [0.29, 0.717) is 32.1 Å². The van der Waals surface area contributed by atoms with E-state index in [9.17, 15) is 61.3 Å². The molecule has 67 heavy (non-hydrogen) atoms. The fourth-order valence-electron chi connectivity index (χ4n) is 16.6. The lowest BCUT2D eigenvalue weighted by Crippen LogP contribution is -2.66. The first-order chi connectivity index (χ1) is 31.2. The Bertz CT molecular complexity index is 1810. The van der Waals surface area contributed by atoms with Crippen LogP contribution in [-0.4, -0.2) is 202 Å². The molecule has 9 aliphatic rings. The van der Waals surface area contributed by atoms with E-state index in [2.05, 4.69) is 34.6 Å². The summed E-state index contributed by atoms with van der Waals surface area (Å²) in [6.07, 6.45) is -17.7. The molecule has 4 heterocycles. The van der Waals surface area contributed by atoms with Crippen molar-refractivity contribution < 1.29 is 94.4 Å². The summed E-state index contributed by atoms with van der Waals surface area (Å²) in [6, 6.07) is 0. The van der Waals surface area contributed by atoms with Gasteiger partial charge >= 0.3 is 0 Å². The van der Waals surface area contributed by atoms with Crippen LogP contribution >= 0.6 is 0 Å². The van der Waals surface area contributed by atoms with E-state index >= 15 is 0 Å². The number of hydrogen-bond acceptors (Lipinski definition) is 19. The monoisotopic (exact) mass is 961 g/mol. The number of ether oxygens (including phenoxy) is 7. The molecule has 0 bridgehead atoms. The molecule has 19 heteroatoms. The number of rotatable bonds is 10. The van der Waals surface area contributed by atoms with Gasteiger partial charge in [-0.3, -0.25) is 0 Å². The average Bonchev–Trinajstić information content (AvgIpc) is 3.62. The second kappa shape index (κ2) is 17.2. The molecule has 4 saturated heterocycles. The minimum atomic E-state index is -1.70. The Morgan fingerprint density at radius 3 is 1.85 bits per heavy atom. The molecule has 4 aliphatic heterocycles. The third-order valence-electron chi connectivity index (χ3n) is 20.2. The highest BCUT2D eigenvalue weighted by atomic mass is 16.8. The Labute approximate surface area is 392 Å². The topological polar surface area (TPSA) is 307 Å². The summed E-state index contributed by atoms with van der Waals surface area (Å²) in [5, 5.41) is 130. The molecule has 386 valence electrons. The zero-order chi connectivity index (χ0) is 48.9. The SMILES string of the molecule is CC1OC(OC2C(OC3CCC45CC46CCC4(C)C(C7(C)CCC(C(C)(C)OC8OC(CO)C(O)C(O)C8O)O7)C(O)CC4(C)C6CC(O)C5C3(C)C)OC(CO)C(O)C2O)C(O)C(O)C1O. The lowest BCUT2D eigenvalue weighted by molar-refractivity contribution is -0.376. The van der Waals surface area contributed by atoms with Crippen molar-refractivity contribution in [2.45, 2.75) is 241 Å². The highest BCUT2D eigenvalue weighted by Gasteiger charge is 2.85. The quantitative estimate of drug-likeness (QED) is 0.116. The molecule has 0 aromatic rings. The minimum Gasteiger partial charge on any atom is -0.394 e. The van der Waals surface area contributed by atoms with Gasteiger partial charge in [-0.25, -0.2) is 0 Å². The van der Waals surface area contributed by atoms with Gasteiger partial charge in [-0.1, -0.05) is 27.7 Å². The van der Waals surface area contributed by atoms with Crippen molar-refractivity contribution >= 4 is 0 Å². The van der Waals surface area contributed by atoms with Crippen LogP contribution in [0.5, 0.6) is 0 Å². The molecular weight excluding hydrogens is 881 g/mol. The number of hydrogen-bond donors (Lipinski definition) is 12. The van der Waals surface area contributed by atoms with Crippen LogP contribution in [0.3, 0.4) is 0 Å². The fraction of sp³-hybridized carbons (Fsp3) is 1.00. The van der Waals surface area contributed by atoms with Gasteiger partial charge in [0.2, 0.25) is 0 Å². The van der Waals surface area contributed by atoms with Crippen LogP contribution in [0.2, 0.25) is 0 Å². The first kappa shape index (κ1) is 51.2. The normalized spacial score (nSPS) is 58.4. The molecule has 5 aliphatic carbocycles. The number of fused-ring (bicyclic) bond motifs is 2. The highest BCUT2D eigenvalue weighted by molar-refractivity contribution is 5.33. The third-order valence-corrected chi connectivity index (χ3v) is 20.2. The van der Waals surface area contributed by atoms with E-state index in [-0.39, 0.29) is 39.4 Å². The van der Waals surface area contributed by atoms with Crippen molar-refractivity contribution in [3.05, 3.63) is 0 Å². The number of aliphatic hydroxyl groups is 12. The van der Waals surface area contributed by atoms with Gasteiger partial charge in [-0.05, 0) is 124 Å². The maximum absolute atomic E-state index is 12.6. The Kier molecular flexibility index (Phi) is 13.1.